The van der Waals surface area contributed by atoms with Crippen LogP contribution in [0.25, 0.3) is 0 Å². The standard InChI is InChI=1S/C10H9BCl2O2/c1-3-14-11(15-4-2)8-5-9(12)7-10(13)6-8/h3-7H,1-2H2. The Balaban J connectivity index is 2.98. The third-order valence-electron chi connectivity index (χ3n) is 1.60. The van der Waals surface area contributed by atoms with Gasteiger partial charge in [-0.2, -0.15) is 0 Å². The lowest BCUT2D eigenvalue weighted by Crippen LogP contribution is -2.33. The number of rotatable bonds is 5. The third-order valence-corrected chi connectivity index (χ3v) is 2.03. The van der Waals surface area contributed by atoms with Gasteiger partial charge in [0.2, 0.25) is 0 Å². The van der Waals surface area contributed by atoms with Crippen LogP contribution >= 0.6 is 23.2 Å². The van der Waals surface area contributed by atoms with Gasteiger partial charge in [0.25, 0.3) is 0 Å². The number of hydrogen-bond donors (Lipinski definition) is 0. The fourth-order valence-electron chi connectivity index (χ4n) is 1.08. The zero-order chi connectivity index (χ0) is 11.3. The van der Waals surface area contributed by atoms with Crippen LogP contribution in [0.15, 0.2) is 43.9 Å². The van der Waals surface area contributed by atoms with Gasteiger partial charge in [0.15, 0.2) is 0 Å². The lowest BCUT2D eigenvalue weighted by atomic mass is 9.79. The second-order valence-electron chi connectivity index (χ2n) is 2.64. The van der Waals surface area contributed by atoms with Gasteiger partial charge in [0.1, 0.15) is 0 Å². The second kappa shape index (κ2) is 5.74. The van der Waals surface area contributed by atoms with Crippen LogP contribution < -0.4 is 5.46 Å². The SMILES string of the molecule is C=COB(OC=C)c1cc(Cl)cc(Cl)c1. The van der Waals surface area contributed by atoms with E-state index < -0.39 is 7.12 Å². The van der Waals surface area contributed by atoms with Gasteiger partial charge in [-0.1, -0.05) is 36.4 Å². The summed E-state index contributed by atoms with van der Waals surface area (Å²) in [5, 5.41) is 1.03. The van der Waals surface area contributed by atoms with E-state index in [4.69, 9.17) is 32.5 Å². The Labute approximate surface area is 99.2 Å². The largest absolute Gasteiger partial charge is 0.631 e. The Hall–Kier alpha value is -1.06. The van der Waals surface area contributed by atoms with Crippen molar-refractivity contribution < 1.29 is 9.31 Å². The maximum Gasteiger partial charge on any atom is 0.631 e. The predicted molar refractivity (Wildman–Crippen MR) is 64.4 cm³/mol. The monoisotopic (exact) mass is 242 g/mol. The molecule has 0 aliphatic rings. The zero-order valence-electron chi connectivity index (χ0n) is 7.95. The number of hydrogen-bond acceptors (Lipinski definition) is 2. The topological polar surface area (TPSA) is 18.5 Å². The van der Waals surface area contributed by atoms with Crippen molar-refractivity contribution in [3.8, 4) is 0 Å². The van der Waals surface area contributed by atoms with Crippen LogP contribution in [0.4, 0.5) is 0 Å². The van der Waals surface area contributed by atoms with E-state index in [9.17, 15) is 0 Å². The van der Waals surface area contributed by atoms with Gasteiger partial charge >= 0.3 is 7.12 Å². The molecule has 0 saturated heterocycles. The Morgan fingerprint density at radius 3 is 1.87 bits per heavy atom. The van der Waals surface area contributed by atoms with Crippen LogP contribution in [0.3, 0.4) is 0 Å². The van der Waals surface area contributed by atoms with E-state index in [1.165, 1.54) is 12.5 Å². The van der Waals surface area contributed by atoms with Crippen molar-refractivity contribution in [2.45, 2.75) is 0 Å². The van der Waals surface area contributed by atoms with Gasteiger partial charge in [-0.05, 0) is 18.2 Å². The summed E-state index contributed by atoms with van der Waals surface area (Å²) in [6.07, 6.45) is 2.56. The van der Waals surface area contributed by atoms with Crippen molar-refractivity contribution >= 4 is 35.8 Å². The third kappa shape index (κ3) is 3.53. The van der Waals surface area contributed by atoms with Crippen molar-refractivity contribution in [2.24, 2.45) is 0 Å². The van der Waals surface area contributed by atoms with E-state index in [-0.39, 0.29) is 0 Å². The molecule has 78 valence electrons. The fourth-order valence-corrected chi connectivity index (χ4v) is 1.62. The fraction of sp³-hybridized carbons (Fsp3) is 0. The molecule has 0 aliphatic heterocycles. The molecule has 1 aromatic carbocycles. The molecule has 1 aromatic rings. The summed E-state index contributed by atoms with van der Waals surface area (Å²) in [6, 6.07) is 5.03. The molecular formula is C10H9BCl2O2. The van der Waals surface area contributed by atoms with E-state index >= 15 is 0 Å². The van der Waals surface area contributed by atoms with Gasteiger partial charge in [-0.3, -0.25) is 0 Å². The highest BCUT2D eigenvalue weighted by atomic mass is 35.5. The normalized spacial score (nSPS) is 9.20. The van der Waals surface area contributed by atoms with Crippen molar-refractivity contribution in [2.75, 3.05) is 0 Å². The van der Waals surface area contributed by atoms with Gasteiger partial charge in [-0.15, -0.1) is 0 Å². The Morgan fingerprint density at radius 2 is 1.47 bits per heavy atom. The van der Waals surface area contributed by atoms with E-state index in [2.05, 4.69) is 13.2 Å². The lowest BCUT2D eigenvalue weighted by Gasteiger charge is -2.11. The van der Waals surface area contributed by atoms with Crippen LogP contribution in [-0.2, 0) is 9.31 Å². The molecule has 0 radical (unpaired) electrons. The van der Waals surface area contributed by atoms with E-state index in [1.807, 2.05) is 0 Å². The molecule has 0 aromatic heterocycles. The highest BCUT2D eigenvalue weighted by Gasteiger charge is 2.23. The van der Waals surface area contributed by atoms with Crippen molar-refractivity contribution in [3.05, 3.63) is 53.9 Å². The molecule has 0 N–H and O–H groups in total. The van der Waals surface area contributed by atoms with Crippen LogP contribution in [0.2, 0.25) is 10.0 Å². The van der Waals surface area contributed by atoms with Gasteiger partial charge in [0, 0.05) is 15.5 Å². The van der Waals surface area contributed by atoms with E-state index in [0.29, 0.717) is 15.5 Å². The first kappa shape index (κ1) is 12.0. The molecule has 5 heteroatoms. The summed E-state index contributed by atoms with van der Waals surface area (Å²) >= 11 is 11.7. The van der Waals surface area contributed by atoms with Crippen LogP contribution in [0.1, 0.15) is 0 Å². The summed E-state index contributed by atoms with van der Waals surface area (Å²) in [4.78, 5) is 0. The van der Waals surface area contributed by atoms with Crippen LogP contribution in [-0.4, -0.2) is 7.12 Å². The van der Waals surface area contributed by atoms with Crippen molar-refractivity contribution in [3.63, 3.8) is 0 Å². The first-order chi connectivity index (χ1) is 7.17. The molecule has 15 heavy (non-hydrogen) atoms. The summed E-state index contributed by atoms with van der Waals surface area (Å²) in [7, 11) is -0.629. The van der Waals surface area contributed by atoms with Crippen molar-refractivity contribution in [1.82, 2.24) is 0 Å². The molecule has 0 heterocycles. The first-order valence-corrected chi connectivity index (χ1v) is 4.91. The summed E-state index contributed by atoms with van der Waals surface area (Å²) < 4.78 is 10.3. The van der Waals surface area contributed by atoms with Crippen molar-refractivity contribution in [1.29, 1.82) is 0 Å². The Morgan fingerprint density at radius 1 is 1.00 bits per heavy atom. The average molecular weight is 243 g/mol. The molecule has 0 aliphatic carbocycles. The summed E-state index contributed by atoms with van der Waals surface area (Å²) in [5.41, 5.74) is 0.701. The molecule has 1 rings (SSSR count). The van der Waals surface area contributed by atoms with Gasteiger partial charge in [-0.25, -0.2) is 0 Å². The van der Waals surface area contributed by atoms with Gasteiger partial charge in [0.05, 0.1) is 12.5 Å². The smallest absolute Gasteiger partial charge is 0.529 e. The molecule has 0 bridgehead atoms. The molecule has 0 fully saturated rings. The quantitative estimate of drug-likeness (QED) is 0.584. The molecule has 0 atom stereocenters. The maximum atomic E-state index is 5.85. The van der Waals surface area contributed by atoms with Crippen LogP contribution in [0.5, 0.6) is 0 Å². The second-order valence-corrected chi connectivity index (χ2v) is 3.51. The van der Waals surface area contributed by atoms with E-state index in [0.717, 1.165) is 0 Å². The highest BCUT2D eigenvalue weighted by molar-refractivity contribution is 6.62. The lowest BCUT2D eigenvalue weighted by molar-refractivity contribution is 0.359. The minimum absolute atomic E-state index is 0.517. The number of halogens is 2. The molecule has 2 nitrogen and oxygen atoms in total. The zero-order valence-corrected chi connectivity index (χ0v) is 9.46. The van der Waals surface area contributed by atoms with E-state index in [1.54, 1.807) is 18.2 Å². The summed E-state index contributed by atoms with van der Waals surface area (Å²) in [6.45, 7) is 6.90. The molecule has 0 unspecified atom stereocenters. The minimum atomic E-state index is -0.629. The number of benzene rings is 1. The van der Waals surface area contributed by atoms with Gasteiger partial charge < -0.3 is 9.31 Å². The molecule has 0 saturated carbocycles. The minimum Gasteiger partial charge on any atom is -0.529 e. The maximum absolute atomic E-state index is 5.85. The molecule has 0 spiro atoms. The molecule has 0 amide bonds. The Bertz CT molecular complexity index is 338. The summed E-state index contributed by atoms with van der Waals surface area (Å²) in [5.74, 6) is 0. The predicted octanol–water partition coefficient (Wildman–Crippen LogP) is 3.01. The van der Waals surface area contributed by atoms with Crippen LogP contribution in [0, 0.1) is 0 Å². The molecular weight excluding hydrogens is 234 g/mol. The first-order valence-electron chi connectivity index (χ1n) is 4.16. The average Bonchev–Trinajstić information content (AvgIpc) is 2.16. The Kier molecular flexibility index (Phi) is 4.59. The highest BCUT2D eigenvalue weighted by Crippen LogP contribution is 2.14.